The van der Waals surface area contributed by atoms with Crippen molar-refractivity contribution in [3.05, 3.63) is 32.5 Å². The fourth-order valence-electron chi connectivity index (χ4n) is 1.72. The van der Waals surface area contributed by atoms with E-state index in [9.17, 15) is 8.42 Å². The monoisotopic (exact) mass is 422 g/mol. The van der Waals surface area contributed by atoms with Gasteiger partial charge in [0.1, 0.15) is 4.90 Å². The van der Waals surface area contributed by atoms with Crippen molar-refractivity contribution in [3.63, 3.8) is 0 Å². The Morgan fingerprint density at radius 2 is 1.80 bits per heavy atom. The highest BCUT2D eigenvalue weighted by molar-refractivity contribution is 9.11. The molecule has 0 amide bonds. The van der Waals surface area contributed by atoms with Crippen LogP contribution in [0.1, 0.15) is 11.4 Å². The minimum atomic E-state index is -3.77. The zero-order valence-corrected chi connectivity index (χ0v) is 14.6. The fraction of sp³-hybridized carbons (Fsp3) is 0.182. The van der Waals surface area contributed by atoms with E-state index in [4.69, 9.17) is 5.73 Å². The van der Waals surface area contributed by atoms with Crippen molar-refractivity contribution < 1.29 is 8.42 Å². The standard InChI is InChI=1S/C11H12Br2N4O2S/c1-5-10(6(2)16-15-5)17-20(18,19)11-8(12)3-7(14)4-9(11)13/h3-4,17H,14H2,1-2H3,(H,15,16). The molecule has 0 spiro atoms. The highest BCUT2D eigenvalue weighted by Crippen LogP contribution is 2.34. The number of nitrogens with two attached hydrogens (primary N) is 1. The van der Waals surface area contributed by atoms with Crippen molar-refractivity contribution in [2.24, 2.45) is 0 Å². The van der Waals surface area contributed by atoms with Gasteiger partial charge in [0.2, 0.25) is 0 Å². The van der Waals surface area contributed by atoms with Crippen molar-refractivity contribution in [1.29, 1.82) is 0 Å². The zero-order chi connectivity index (χ0) is 15.1. The van der Waals surface area contributed by atoms with Gasteiger partial charge in [0.25, 0.3) is 10.0 Å². The molecule has 0 fully saturated rings. The largest absolute Gasteiger partial charge is 0.399 e. The molecule has 1 aromatic heterocycles. The van der Waals surface area contributed by atoms with E-state index in [0.717, 1.165) is 0 Å². The maximum absolute atomic E-state index is 12.5. The van der Waals surface area contributed by atoms with Crippen LogP contribution in [0.25, 0.3) is 0 Å². The number of benzene rings is 1. The molecule has 0 bridgehead atoms. The third kappa shape index (κ3) is 2.84. The third-order valence-electron chi connectivity index (χ3n) is 2.65. The fourth-order valence-corrected chi connectivity index (χ4v) is 5.53. The van der Waals surface area contributed by atoms with Crippen molar-refractivity contribution in [3.8, 4) is 0 Å². The van der Waals surface area contributed by atoms with E-state index in [1.165, 1.54) is 12.1 Å². The SMILES string of the molecule is Cc1n[nH]c(C)c1NS(=O)(=O)c1c(Br)cc(N)cc1Br. The van der Waals surface area contributed by atoms with Gasteiger partial charge in [-0.25, -0.2) is 8.42 Å². The number of rotatable bonds is 3. The summed E-state index contributed by atoms with van der Waals surface area (Å²) in [6.45, 7) is 3.46. The number of nitrogens with one attached hydrogen (secondary N) is 2. The first kappa shape index (κ1) is 15.3. The lowest BCUT2D eigenvalue weighted by Crippen LogP contribution is -2.15. The number of nitrogen functional groups attached to an aromatic ring is 1. The second-order valence-corrected chi connectivity index (χ2v) is 7.56. The number of halogens is 2. The number of H-pyrrole nitrogens is 1. The Hall–Kier alpha value is -1.06. The van der Waals surface area contributed by atoms with Gasteiger partial charge >= 0.3 is 0 Å². The molecule has 0 aliphatic heterocycles. The molecule has 0 aliphatic carbocycles. The van der Waals surface area contributed by atoms with E-state index in [2.05, 4.69) is 46.8 Å². The Labute approximate surface area is 133 Å². The summed E-state index contributed by atoms with van der Waals surface area (Å²) in [5, 5.41) is 6.69. The molecule has 108 valence electrons. The van der Waals surface area contributed by atoms with Crippen LogP contribution < -0.4 is 10.5 Å². The van der Waals surface area contributed by atoms with Crippen LogP contribution in [0.5, 0.6) is 0 Å². The molecule has 0 aliphatic rings. The first-order chi connectivity index (χ1) is 9.22. The van der Waals surface area contributed by atoms with Crippen LogP contribution in [0.4, 0.5) is 11.4 Å². The van der Waals surface area contributed by atoms with Crippen molar-refractivity contribution in [2.75, 3.05) is 10.5 Å². The lowest BCUT2D eigenvalue weighted by Gasteiger charge is -2.12. The summed E-state index contributed by atoms with van der Waals surface area (Å²) in [6, 6.07) is 3.07. The molecule has 20 heavy (non-hydrogen) atoms. The van der Waals surface area contributed by atoms with Crippen LogP contribution in [0, 0.1) is 13.8 Å². The first-order valence-corrected chi connectivity index (χ1v) is 8.58. The van der Waals surface area contributed by atoms with Crippen molar-refractivity contribution in [1.82, 2.24) is 10.2 Å². The molecular weight excluding hydrogens is 412 g/mol. The molecule has 1 aromatic carbocycles. The zero-order valence-electron chi connectivity index (χ0n) is 10.7. The van der Waals surface area contributed by atoms with Crippen LogP contribution in [0.2, 0.25) is 0 Å². The van der Waals surface area contributed by atoms with E-state index < -0.39 is 10.0 Å². The second-order valence-electron chi connectivity index (χ2n) is 4.23. The molecule has 0 saturated heterocycles. The normalized spacial score (nSPS) is 11.6. The van der Waals surface area contributed by atoms with Gasteiger partial charge in [-0.05, 0) is 57.8 Å². The Kier molecular flexibility index (Phi) is 4.12. The molecule has 0 atom stereocenters. The van der Waals surface area contributed by atoms with Gasteiger partial charge < -0.3 is 5.73 Å². The maximum atomic E-state index is 12.5. The van der Waals surface area contributed by atoms with Gasteiger partial charge in [-0.15, -0.1) is 0 Å². The molecule has 4 N–H and O–H groups in total. The first-order valence-electron chi connectivity index (χ1n) is 5.51. The van der Waals surface area contributed by atoms with E-state index in [1.807, 2.05) is 0 Å². The van der Waals surface area contributed by atoms with E-state index >= 15 is 0 Å². The quantitative estimate of drug-likeness (QED) is 0.660. The van der Waals surface area contributed by atoms with Crippen LogP contribution >= 0.6 is 31.9 Å². The lowest BCUT2D eigenvalue weighted by atomic mass is 10.3. The summed E-state index contributed by atoms with van der Waals surface area (Å²) in [7, 11) is -3.77. The van der Waals surface area contributed by atoms with Gasteiger partial charge in [-0.2, -0.15) is 5.10 Å². The van der Waals surface area contributed by atoms with Crippen molar-refractivity contribution in [2.45, 2.75) is 18.7 Å². The molecule has 1 heterocycles. The van der Waals surface area contributed by atoms with Gasteiger partial charge in [0, 0.05) is 14.6 Å². The number of aryl methyl sites for hydroxylation is 2. The van der Waals surface area contributed by atoms with Crippen LogP contribution in [-0.2, 0) is 10.0 Å². The predicted octanol–water partition coefficient (Wildman–Crippen LogP) is 2.93. The number of nitrogens with zero attached hydrogens (tertiary/aromatic N) is 1. The van der Waals surface area contributed by atoms with Gasteiger partial charge in [0.05, 0.1) is 17.1 Å². The molecule has 0 saturated carbocycles. The molecule has 2 rings (SSSR count). The van der Waals surface area contributed by atoms with Crippen LogP contribution in [0.15, 0.2) is 26.0 Å². The molecule has 6 nitrogen and oxygen atoms in total. The predicted molar refractivity (Wildman–Crippen MR) is 85.1 cm³/mol. The average molecular weight is 424 g/mol. The molecular formula is C11H12Br2N4O2S. The Bertz CT molecular complexity index is 728. The summed E-state index contributed by atoms with van der Waals surface area (Å²) >= 11 is 6.44. The third-order valence-corrected chi connectivity index (χ3v) is 5.88. The average Bonchev–Trinajstić information content (AvgIpc) is 2.58. The number of hydrogen-bond donors (Lipinski definition) is 3. The van der Waals surface area contributed by atoms with E-state index in [-0.39, 0.29) is 4.90 Å². The van der Waals surface area contributed by atoms with Gasteiger partial charge in [-0.3, -0.25) is 9.82 Å². The smallest absolute Gasteiger partial charge is 0.264 e. The number of sulfonamides is 1. The molecule has 2 aromatic rings. The molecule has 0 radical (unpaired) electrons. The van der Waals surface area contributed by atoms with Gasteiger partial charge in [-0.1, -0.05) is 0 Å². The summed E-state index contributed by atoms with van der Waals surface area (Å²) < 4.78 is 28.3. The molecule has 9 heteroatoms. The second kappa shape index (κ2) is 5.38. The number of aromatic nitrogens is 2. The minimum absolute atomic E-state index is 0.0895. The Morgan fingerprint density at radius 3 is 2.25 bits per heavy atom. The minimum Gasteiger partial charge on any atom is -0.399 e. The number of hydrogen-bond acceptors (Lipinski definition) is 4. The summed E-state index contributed by atoms with van der Waals surface area (Å²) in [5.74, 6) is 0. The summed E-state index contributed by atoms with van der Waals surface area (Å²) in [6.07, 6.45) is 0. The number of aromatic amines is 1. The Balaban J connectivity index is 2.52. The summed E-state index contributed by atoms with van der Waals surface area (Å²) in [5.41, 5.74) is 7.79. The van der Waals surface area contributed by atoms with Gasteiger partial charge in [0.15, 0.2) is 0 Å². The van der Waals surface area contributed by atoms with Crippen molar-refractivity contribution >= 4 is 53.3 Å². The topological polar surface area (TPSA) is 101 Å². The highest BCUT2D eigenvalue weighted by atomic mass is 79.9. The van der Waals surface area contributed by atoms with Crippen LogP contribution in [-0.4, -0.2) is 18.6 Å². The molecule has 0 unspecified atom stereocenters. The van der Waals surface area contributed by atoms with E-state index in [1.54, 1.807) is 13.8 Å². The highest BCUT2D eigenvalue weighted by Gasteiger charge is 2.24. The lowest BCUT2D eigenvalue weighted by molar-refractivity contribution is 0.600. The van der Waals surface area contributed by atoms with E-state index in [0.29, 0.717) is 31.7 Å². The maximum Gasteiger partial charge on any atom is 0.264 e. The summed E-state index contributed by atoms with van der Waals surface area (Å²) in [4.78, 5) is 0.0895. The Morgan fingerprint density at radius 1 is 1.25 bits per heavy atom. The number of anilines is 2. The van der Waals surface area contributed by atoms with Crippen LogP contribution in [0.3, 0.4) is 0 Å².